The largest absolute Gasteiger partial charge is 0.494 e. The van der Waals surface area contributed by atoms with Crippen LogP contribution in [0.5, 0.6) is 5.75 Å². The molecule has 0 unspecified atom stereocenters. The second-order valence-electron chi connectivity index (χ2n) is 6.92. The molecule has 0 aromatic heterocycles. The van der Waals surface area contributed by atoms with Gasteiger partial charge in [-0.25, -0.2) is 12.8 Å². The number of carbonyl (C=O) groups excluding carboxylic acids is 1. The molecule has 0 aliphatic rings. The summed E-state index contributed by atoms with van der Waals surface area (Å²) in [5.74, 6) is 0.0606. The maximum Gasteiger partial charge on any atom is 0.264 e. The number of ether oxygens (including phenoxy) is 1. The van der Waals surface area contributed by atoms with E-state index in [1.165, 1.54) is 12.1 Å². The number of amides is 1. The first-order chi connectivity index (χ1) is 13.7. The van der Waals surface area contributed by atoms with E-state index in [2.05, 4.69) is 5.32 Å². The number of halogens is 1. The van der Waals surface area contributed by atoms with Crippen LogP contribution in [0.2, 0.25) is 0 Å². The number of hydrogen-bond donors (Lipinski definition) is 1. The summed E-state index contributed by atoms with van der Waals surface area (Å²) in [7, 11) is -4.07. The molecule has 8 heteroatoms. The van der Waals surface area contributed by atoms with Crippen molar-refractivity contribution >= 4 is 21.6 Å². The minimum Gasteiger partial charge on any atom is -0.494 e. The average molecular weight is 423 g/mol. The molecule has 0 aliphatic heterocycles. The molecule has 1 N–H and O–H groups in total. The summed E-state index contributed by atoms with van der Waals surface area (Å²) in [5.41, 5.74) is 0.316. The summed E-state index contributed by atoms with van der Waals surface area (Å²) in [6.45, 7) is 6.49. The zero-order chi connectivity index (χ0) is 21.4. The molecule has 158 valence electrons. The second kappa shape index (κ2) is 10.2. The van der Waals surface area contributed by atoms with Gasteiger partial charge in [-0.15, -0.1) is 0 Å². The van der Waals surface area contributed by atoms with E-state index in [1.807, 2.05) is 20.8 Å². The van der Waals surface area contributed by atoms with Crippen LogP contribution in [0.3, 0.4) is 0 Å². The molecule has 0 fully saturated rings. The number of sulfonamides is 1. The van der Waals surface area contributed by atoms with E-state index in [0.717, 1.165) is 22.9 Å². The van der Waals surface area contributed by atoms with Crippen LogP contribution < -0.4 is 14.4 Å². The number of benzene rings is 2. The Morgan fingerprint density at radius 3 is 2.28 bits per heavy atom. The maximum atomic E-state index is 13.2. The predicted octanol–water partition coefficient (Wildman–Crippen LogP) is 3.58. The average Bonchev–Trinajstić information content (AvgIpc) is 2.67. The minimum atomic E-state index is -4.07. The number of carbonyl (C=O) groups is 1. The van der Waals surface area contributed by atoms with Crippen molar-refractivity contribution in [3.8, 4) is 5.75 Å². The summed E-state index contributed by atoms with van der Waals surface area (Å²) in [4.78, 5) is 12.3. The Labute approximate surface area is 171 Å². The van der Waals surface area contributed by atoms with Gasteiger partial charge in [-0.3, -0.25) is 9.10 Å². The molecule has 29 heavy (non-hydrogen) atoms. The van der Waals surface area contributed by atoms with Gasteiger partial charge in [-0.05, 0) is 67.8 Å². The van der Waals surface area contributed by atoms with E-state index >= 15 is 0 Å². The van der Waals surface area contributed by atoms with Gasteiger partial charge in [-0.1, -0.05) is 13.8 Å². The van der Waals surface area contributed by atoms with Crippen molar-refractivity contribution in [1.82, 2.24) is 5.32 Å². The molecule has 0 bridgehead atoms. The summed E-state index contributed by atoms with van der Waals surface area (Å²) >= 11 is 0. The lowest BCUT2D eigenvalue weighted by atomic mass is 10.1. The zero-order valence-electron chi connectivity index (χ0n) is 16.9. The van der Waals surface area contributed by atoms with Crippen LogP contribution in [-0.2, 0) is 14.8 Å². The van der Waals surface area contributed by atoms with Gasteiger partial charge in [0.25, 0.3) is 10.0 Å². The maximum absolute atomic E-state index is 13.2. The van der Waals surface area contributed by atoms with Gasteiger partial charge in [0.2, 0.25) is 5.91 Å². The Hall–Kier alpha value is -2.61. The molecule has 0 aliphatic carbocycles. The summed E-state index contributed by atoms with van der Waals surface area (Å²) in [6.07, 6.45) is 0.791. The Balaban J connectivity index is 2.31. The second-order valence-corrected chi connectivity index (χ2v) is 8.79. The highest BCUT2D eigenvalue weighted by atomic mass is 32.2. The molecule has 2 aromatic carbocycles. The van der Waals surface area contributed by atoms with E-state index in [0.29, 0.717) is 30.5 Å². The fourth-order valence-corrected chi connectivity index (χ4v) is 4.03. The molecular formula is C21H27FN2O4S. The molecule has 0 saturated carbocycles. The fraction of sp³-hybridized carbons (Fsp3) is 0.381. The van der Waals surface area contributed by atoms with E-state index in [9.17, 15) is 17.6 Å². The molecule has 0 spiro atoms. The third kappa shape index (κ3) is 6.45. The smallest absolute Gasteiger partial charge is 0.264 e. The Bertz CT molecular complexity index is 897. The van der Waals surface area contributed by atoms with Crippen LogP contribution in [0.1, 0.15) is 27.2 Å². The van der Waals surface area contributed by atoms with Crippen molar-refractivity contribution in [3.63, 3.8) is 0 Å². The van der Waals surface area contributed by atoms with Crippen molar-refractivity contribution in [2.75, 3.05) is 24.0 Å². The molecule has 6 nitrogen and oxygen atoms in total. The fourth-order valence-electron chi connectivity index (χ4n) is 2.61. The number of hydrogen-bond acceptors (Lipinski definition) is 4. The highest BCUT2D eigenvalue weighted by Crippen LogP contribution is 2.26. The summed E-state index contributed by atoms with van der Waals surface area (Å²) < 4.78 is 46.0. The number of rotatable bonds is 10. The van der Waals surface area contributed by atoms with Gasteiger partial charge in [0.15, 0.2) is 0 Å². The first kappa shape index (κ1) is 22.7. The van der Waals surface area contributed by atoms with E-state index in [4.69, 9.17) is 4.74 Å². The molecule has 0 atom stereocenters. The van der Waals surface area contributed by atoms with Gasteiger partial charge < -0.3 is 10.1 Å². The van der Waals surface area contributed by atoms with Gasteiger partial charge in [0.05, 0.1) is 17.2 Å². The monoisotopic (exact) mass is 422 g/mol. The Morgan fingerprint density at radius 1 is 1.10 bits per heavy atom. The highest BCUT2D eigenvalue weighted by Gasteiger charge is 2.27. The number of anilines is 1. The van der Waals surface area contributed by atoms with Crippen LogP contribution in [-0.4, -0.2) is 34.0 Å². The van der Waals surface area contributed by atoms with Crippen molar-refractivity contribution in [2.24, 2.45) is 5.92 Å². The van der Waals surface area contributed by atoms with Crippen LogP contribution >= 0.6 is 0 Å². The van der Waals surface area contributed by atoms with Crippen molar-refractivity contribution in [2.45, 2.75) is 32.1 Å². The predicted molar refractivity (Wildman–Crippen MR) is 111 cm³/mol. The van der Waals surface area contributed by atoms with Crippen molar-refractivity contribution < 1.29 is 22.3 Å². The highest BCUT2D eigenvalue weighted by molar-refractivity contribution is 7.92. The first-order valence-electron chi connectivity index (χ1n) is 9.52. The minimum absolute atomic E-state index is 0.0947. The topological polar surface area (TPSA) is 75.7 Å². The summed E-state index contributed by atoms with van der Waals surface area (Å²) in [5, 5.41) is 2.75. The van der Waals surface area contributed by atoms with Crippen molar-refractivity contribution in [3.05, 3.63) is 54.3 Å². The molecule has 2 aromatic rings. The zero-order valence-corrected chi connectivity index (χ0v) is 17.7. The molecule has 0 radical (unpaired) electrons. The van der Waals surface area contributed by atoms with Crippen LogP contribution in [0.4, 0.5) is 10.1 Å². The normalized spacial score (nSPS) is 11.3. The summed E-state index contributed by atoms with van der Waals surface area (Å²) in [6, 6.07) is 11.0. The van der Waals surface area contributed by atoms with E-state index in [1.54, 1.807) is 24.3 Å². The SMILES string of the molecule is CCOc1ccc(N(CC(=O)NCCC(C)C)S(=O)(=O)c2ccc(F)cc2)cc1. The van der Waals surface area contributed by atoms with Gasteiger partial charge in [-0.2, -0.15) is 0 Å². The van der Waals surface area contributed by atoms with E-state index in [-0.39, 0.29) is 11.4 Å². The Kier molecular flexibility index (Phi) is 8.01. The number of nitrogens with zero attached hydrogens (tertiary/aromatic N) is 1. The van der Waals surface area contributed by atoms with Gasteiger partial charge in [0.1, 0.15) is 18.1 Å². The number of nitrogens with one attached hydrogen (secondary N) is 1. The standard InChI is InChI=1S/C21H27FN2O4S/c1-4-28-19-9-7-18(8-10-19)24(15-21(25)23-14-13-16(2)3)29(26,27)20-11-5-17(22)6-12-20/h5-12,16H,4,13-15H2,1-3H3,(H,23,25). The van der Waals surface area contributed by atoms with Gasteiger partial charge >= 0.3 is 0 Å². The lowest BCUT2D eigenvalue weighted by molar-refractivity contribution is -0.119. The lowest BCUT2D eigenvalue weighted by Crippen LogP contribution is -2.41. The third-order valence-electron chi connectivity index (χ3n) is 4.17. The molecule has 1 amide bonds. The molecular weight excluding hydrogens is 395 g/mol. The van der Waals surface area contributed by atoms with E-state index < -0.39 is 21.7 Å². The quantitative estimate of drug-likeness (QED) is 0.635. The first-order valence-corrected chi connectivity index (χ1v) is 11.0. The Morgan fingerprint density at radius 2 is 1.72 bits per heavy atom. The van der Waals surface area contributed by atoms with Crippen LogP contribution in [0.15, 0.2) is 53.4 Å². The van der Waals surface area contributed by atoms with Crippen LogP contribution in [0, 0.1) is 11.7 Å². The van der Waals surface area contributed by atoms with Crippen LogP contribution in [0.25, 0.3) is 0 Å². The van der Waals surface area contributed by atoms with Crippen molar-refractivity contribution in [1.29, 1.82) is 0 Å². The molecule has 0 saturated heterocycles. The lowest BCUT2D eigenvalue weighted by Gasteiger charge is -2.24. The third-order valence-corrected chi connectivity index (χ3v) is 5.96. The van der Waals surface area contributed by atoms with Gasteiger partial charge in [0, 0.05) is 6.54 Å². The molecule has 2 rings (SSSR count). The molecule has 0 heterocycles.